The molecule has 1 aliphatic carbocycles. The highest BCUT2D eigenvalue weighted by atomic mass is 32.1. The van der Waals surface area contributed by atoms with Crippen LogP contribution in [0.4, 0.5) is 0 Å². The molecule has 0 unspecified atom stereocenters. The van der Waals surface area contributed by atoms with E-state index in [1.54, 1.807) is 0 Å². The maximum absolute atomic E-state index is 6.39. The molecule has 0 spiro atoms. The number of aromatic nitrogens is 1. The van der Waals surface area contributed by atoms with E-state index in [1.807, 2.05) is 29.7 Å². The van der Waals surface area contributed by atoms with Crippen LogP contribution in [0.2, 0.25) is 0 Å². The zero-order valence-electron chi connectivity index (χ0n) is 20.5. The lowest BCUT2D eigenvalue weighted by Gasteiger charge is -2.24. The van der Waals surface area contributed by atoms with Crippen molar-refractivity contribution in [2.24, 2.45) is 5.92 Å². The van der Waals surface area contributed by atoms with Crippen LogP contribution in [0, 0.1) is 5.92 Å². The van der Waals surface area contributed by atoms with E-state index in [4.69, 9.17) is 9.40 Å². The fourth-order valence-electron chi connectivity index (χ4n) is 6.13. The van der Waals surface area contributed by atoms with E-state index in [1.165, 1.54) is 42.8 Å². The van der Waals surface area contributed by atoms with Crippen molar-refractivity contribution in [1.82, 2.24) is 4.98 Å². The quantitative estimate of drug-likeness (QED) is 0.256. The van der Waals surface area contributed by atoms with Gasteiger partial charge in [-0.05, 0) is 64.2 Å². The summed E-state index contributed by atoms with van der Waals surface area (Å²) in [4.78, 5) is 6.28. The topological polar surface area (TPSA) is 26.0 Å². The number of hydrogen-bond acceptors (Lipinski definition) is 3. The molecule has 0 N–H and O–H groups in total. The molecule has 0 atom stereocenters. The lowest BCUT2D eigenvalue weighted by Crippen LogP contribution is -2.16. The minimum atomic E-state index is -0.133. The first-order valence-corrected chi connectivity index (χ1v) is 13.2. The van der Waals surface area contributed by atoms with Gasteiger partial charge in [-0.2, -0.15) is 0 Å². The number of nitrogens with zero attached hydrogens (tertiary/aromatic N) is 1. The van der Waals surface area contributed by atoms with E-state index in [0.29, 0.717) is 5.92 Å². The average molecular weight is 474 g/mol. The Bertz CT molecular complexity index is 1780. The number of fused-ring (bicyclic) bond motifs is 8. The summed E-state index contributed by atoms with van der Waals surface area (Å²) in [5, 5.41) is 3.67. The van der Waals surface area contributed by atoms with Crippen molar-refractivity contribution in [2.45, 2.75) is 39.5 Å². The Hall–Kier alpha value is -3.43. The van der Waals surface area contributed by atoms with E-state index in [-0.39, 0.29) is 5.41 Å². The van der Waals surface area contributed by atoms with Crippen LogP contribution in [-0.2, 0) is 11.8 Å². The predicted molar refractivity (Wildman–Crippen MR) is 148 cm³/mol. The highest BCUT2D eigenvalue weighted by Crippen LogP contribution is 2.58. The smallest absolute Gasteiger partial charge is 0.161 e. The molecule has 0 radical (unpaired) electrons. The fourth-order valence-corrected chi connectivity index (χ4v) is 7.51. The molecule has 3 heterocycles. The molecule has 172 valence electrons. The van der Waals surface area contributed by atoms with Crippen LogP contribution in [0.15, 0.2) is 77.3 Å². The summed E-state index contributed by atoms with van der Waals surface area (Å²) in [6.45, 7) is 9.34. The average Bonchev–Trinajstić information content (AvgIpc) is 3.47. The second-order valence-electron chi connectivity index (χ2n) is 10.7. The summed E-state index contributed by atoms with van der Waals surface area (Å²) >= 11 is 1.93. The first-order chi connectivity index (χ1) is 16.9. The molecule has 0 bridgehead atoms. The third-order valence-corrected chi connectivity index (χ3v) is 8.71. The number of benzene rings is 3. The lowest BCUT2D eigenvalue weighted by molar-refractivity contribution is 0.647. The van der Waals surface area contributed by atoms with Crippen molar-refractivity contribution in [3.63, 3.8) is 0 Å². The SMILES string of the molecule is CC(C)Cc1ccc2sc3c(c2c1)C(C)(C)c1c-3cccc1-c1nccc2c1oc1ccccc12. The van der Waals surface area contributed by atoms with Crippen LogP contribution < -0.4 is 0 Å². The number of thiophene rings is 1. The molecule has 3 aromatic carbocycles. The third kappa shape index (κ3) is 2.91. The molecule has 7 rings (SSSR count). The first kappa shape index (κ1) is 20.9. The Morgan fingerprint density at radius 3 is 2.54 bits per heavy atom. The van der Waals surface area contributed by atoms with Crippen molar-refractivity contribution < 1.29 is 4.42 Å². The molecule has 2 nitrogen and oxygen atoms in total. The van der Waals surface area contributed by atoms with Crippen LogP contribution in [0.5, 0.6) is 0 Å². The molecule has 0 saturated heterocycles. The summed E-state index contributed by atoms with van der Waals surface area (Å²) in [6.07, 6.45) is 3.03. The van der Waals surface area contributed by atoms with E-state index >= 15 is 0 Å². The Labute approximate surface area is 209 Å². The van der Waals surface area contributed by atoms with Crippen LogP contribution in [0.3, 0.4) is 0 Å². The van der Waals surface area contributed by atoms with Gasteiger partial charge in [-0.1, -0.05) is 70.2 Å². The second-order valence-corrected chi connectivity index (χ2v) is 11.8. The van der Waals surface area contributed by atoms with Gasteiger partial charge < -0.3 is 4.42 Å². The van der Waals surface area contributed by atoms with Crippen molar-refractivity contribution in [3.8, 4) is 21.7 Å². The summed E-state index contributed by atoms with van der Waals surface area (Å²) < 4.78 is 7.77. The fraction of sp³-hybridized carbons (Fsp3) is 0.219. The Morgan fingerprint density at radius 2 is 1.69 bits per heavy atom. The Morgan fingerprint density at radius 1 is 0.857 bits per heavy atom. The molecule has 0 amide bonds. The summed E-state index contributed by atoms with van der Waals surface area (Å²) in [5.74, 6) is 0.645. The van der Waals surface area contributed by atoms with Crippen molar-refractivity contribution in [1.29, 1.82) is 0 Å². The van der Waals surface area contributed by atoms with Gasteiger partial charge in [0.2, 0.25) is 0 Å². The van der Waals surface area contributed by atoms with Crippen LogP contribution in [-0.4, -0.2) is 4.98 Å². The molecular formula is C32H27NOS. The van der Waals surface area contributed by atoms with Crippen molar-refractivity contribution in [3.05, 3.63) is 89.6 Å². The number of rotatable bonds is 3. The van der Waals surface area contributed by atoms with Gasteiger partial charge in [0.1, 0.15) is 11.3 Å². The first-order valence-electron chi connectivity index (χ1n) is 12.4. The Balaban J connectivity index is 1.49. The van der Waals surface area contributed by atoms with Crippen molar-refractivity contribution >= 4 is 43.4 Å². The zero-order chi connectivity index (χ0) is 23.9. The van der Waals surface area contributed by atoms with Gasteiger partial charge in [0.05, 0.1) is 0 Å². The third-order valence-electron chi connectivity index (χ3n) is 7.50. The monoisotopic (exact) mass is 473 g/mol. The summed E-state index contributed by atoms with van der Waals surface area (Å²) in [6, 6.07) is 24.1. The number of pyridine rings is 1. The molecular weight excluding hydrogens is 446 g/mol. The maximum atomic E-state index is 6.39. The molecule has 0 saturated carbocycles. The van der Waals surface area contributed by atoms with Gasteiger partial charge in [-0.15, -0.1) is 11.3 Å². The van der Waals surface area contributed by atoms with E-state index < -0.39 is 0 Å². The molecule has 6 aromatic rings. The standard InChI is InChI=1S/C32H27NOS/c1-18(2)16-19-12-13-26-24(17-19)28-31(35-26)23-10-7-9-22(27(23)32(28,3)4)29-30-21(14-15-33-29)20-8-5-6-11-25(20)34-30/h5-15,17-18H,16H2,1-4H3. The molecule has 3 aromatic heterocycles. The van der Waals surface area contributed by atoms with Gasteiger partial charge in [0.25, 0.3) is 0 Å². The maximum Gasteiger partial charge on any atom is 0.161 e. The molecule has 1 aliphatic rings. The van der Waals surface area contributed by atoms with Gasteiger partial charge in [0.15, 0.2) is 5.58 Å². The number of furan rings is 1. The largest absolute Gasteiger partial charge is 0.454 e. The predicted octanol–water partition coefficient (Wildman–Crippen LogP) is 9.37. The zero-order valence-corrected chi connectivity index (χ0v) is 21.3. The number of hydrogen-bond donors (Lipinski definition) is 0. The van der Waals surface area contributed by atoms with Crippen LogP contribution in [0.25, 0.3) is 53.7 Å². The van der Waals surface area contributed by atoms with E-state index in [2.05, 4.69) is 82.3 Å². The minimum Gasteiger partial charge on any atom is -0.454 e. The lowest BCUT2D eigenvalue weighted by atomic mass is 9.78. The van der Waals surface area contributed by atoms with Gasteiger partial charge in [-0.3, -0.25) is 4.98 Å². The molecule has 3 heteroatoms. The second kappa shape index (κ2) is 7.29. The van der Waals surface area contributed by atoms with Crippen LogP contribution >= 0.6 is 11.3 Å². The Kier molecular flexibility index (Phi) is 4.35. The van der Waals surface area contributed by atoms with Crippen LogP contribution in [0.1, 0.15) is 44.4 Å². The highest BCUT2D eigenvalue weighted by molar-refractivity contribution is 7.22. The van der Waals surface area contributed by atoms with Gasteiger partial charge in [0, 0.05) is 37.5 Å². The number of para-hydroxylation sites is 1. The van der Waals surface area contributed by atoms with E-state index in [0.717, 1.165) is 34.1 Å². The molecule has 0 aliphatic heterocycles. The minimum absolute atomic E-state index is 0.133. The van der Waals surface area contributed by atoms with E-state index in [9.17, 15) is 0 Å². The normalized spacial score (nSPS) is 14.3. The highest BCUT2D eigenvalue weighted by Gasteiger charge is 2.41. The summed E-state index contributed by atoms with van der Waals surface area (Å²) in [5.41, 5.74) is 9.34. The molecule has 0 fully saturated rings. The summed E-state index contributed by atoms with van der Waals surface area (Å²) in [7, 11) is 0. The van der Waals surface area contributed by atoms with Gasteiger partial charge >= 0.3 is 0 Å². The van der Waals surface area contributed by atoms with Crippen molar-refractivity contribution in [2.75, 3.05) is 0 Å². The molecule has 35 heavy (non-hydrogen) atoms. The van der Waals surface area contributed by atoms with Gasteiger partial charge in [-0.25, -0.2) is 0 Å².